The van der Waals surface area contributed by atoms with E-state index in [0.29, 0.717) is 6.04 Å². The van der Waals surface area contributed by atoms with Crippen LogP contribution in [-0.2, 0) is 0 Å². The molecule has 0 saturated carbocycles. The third-order valence-corrected chi connectivity index (χ3v) is 5.81. The molecular formula is C20H29N5O. The highest BCUT2D eigenvalue weighted by atomic mass is 16.2. The number of nitrogens with one attached hydrogen (secondary N) is 2. The van der Waals surface area contributed by atoms with E-state index in [9.17, 15) is 4.79 Å². The molecule has 1 atom stereocenters. The van der Waals surface area contributed by atoms with Crippen molar-refractivity contribution in [3.05, 3.63) is 29.6 Å². The number of imidazole rings is 1. The van der Waals surface area contributed by atoms with Crippen LogP contribution in [0.5, 0.6) is 0 Å². The molecule has 1 aromatic carbocycles. The van der Waals surface area contributed by atoms with Gasteiger partial charge >= 0.3 is 6.03 Å². The highest BCUT2D eigenvalue weighted by molar-refractivity contribution is 5.77. The normalized spacial score (nSPS) is 20.6. The molecule has 2 aromatic rings. The molecule has 2 aliphatic rings. The van der Waals surface area contributed by atoms with Crippen LogP contribution >= 0.6 is 0 Å². The summed E-state index contributed by atoms with van der Waals surface area (Å²) in [5.41, 5.74) is 3.16. The van der Waals surface area contributed by atoms with Gasteiger partial charge in [0.05, 0.1) is 17.1 Å². The average molecular weight is 355 g/mol. The molecule has 0 radical (unpaired) electrons. The Hall–Kier alpha value is -2.08. The van der Waals surface area contributed by atoms with Gasteiger partial charge in [0.1, 0.15) is 5.82 Å². The minimum absolute atomic E-state index is 0.0222. The highest BCUT2D eigenvalue weighted by Gasteiger charge is 2.28. The van der Waals surface area contributed by atoms with Gasteiger partial charge < -0.3 is 20.1 Å². The molecule has 0 unspecified atom stereocenters. The third-order valence-electron chi connectivity index (χ3n) is 5.81. The van der Waals surface area contributed by atoms with E-state index in [2.05, 4.69) is 39.2 Å². The predicted octanol–water partition coefficient (Wildman–Crippen LogP) is 3.20. The number of piperidine rings is 1. The van der Waals surface area contributed by atoms with E-state index in [0.717, 1.165) is 42.8 Å². The zero-order valence-corrected chi connectivity index (χ0v) is 15.8. The fraction of sp³-hybridized carbons (Fsp3) is 0.600. The number of aromatic amines is 1. The molecule has 2 saturated heterocycles. The summed E-state index contributed by atoms with van der Waals surface area (Å²) in [6.07, 6.45) is 4.84. The number of nitrogens with zero attached hydrogens (tertiary/aromatic N) is 3. The molecule has 3 heterocycles. The molecule has 2 aliphatic heterocycles. The lowest BCUT2D eigenvalue weighted by Gasteiger charge is -2.36. The van der Waals surface area contributed by atoms with Gasteiger partial charge in [-0.1, -0.05) is 6.07 Å². The van der Waals surface area contributed by atoms with E-state index in [1.165, 1.54) is 31.5 Å². The van der Waals surface area contributed by atoms with E-state index in [-0.39, 0.29) is 12.1 Å². The van der Waals surface area contributed by atoms with Gasteiger partial charge in [-0.15, -0.1) is 0 Å². The topological polar surface area (TPSA) is 64.3 Å². The van der Waals surface area contributed by atoms with Crippen LogP contribution in [0.25, 0.3) is 11.0 Å². The largest absolute Gasteiger partial charge is 0.340 e. The summed E-state index contributed by atoms with van der Waals surface area (Å²) in [5.74, 6) is 0.811. The van der Waals surface area contributed by atoms with Gasteiger partial charge in [0.2, 0.25) is 0 Å². The van der Waals surface area contributed by atoms with E-state index >= 15 is 0 Å². The third kappa shape index (κ3) is 3.56. The first kappa shape index (κ1) is 17.3. The van der Waals surface area contributed by atoms with Crippen LogP contribution in [0.2, 0.25) is 0 Å². The molecule has 6 nitrogen and oxygen atoms in total. The second kappa shape index (κ2) is 7.27. The molecule has 1 aromatic heterocycles. The Balaban J connectivity index is 1.33. The Kier molecular flexibility index (Phi) is 4.85. The van der Waals surface area contributed by atoms with Gasteiger partial charge in [-0.25, -0.2) is 9.78 Å². The number of hydrogen-bond donors (Lipinski definition) is 2. The van der Waals surface area contributed by atoms with Gasteiger partial charge in [0.25, 0.3) is 0 Å². The van der Waals surface area contributed by atoms with Gasteiger partial charge in [0, 0.05) is 19.1 Å². The molecule has 0 aliphatic carbocycles. The second-order valence-electron chi connectivity index (χ2n) is 7.78. The molecule has 2 N–H and O–H groups in total. The van der Waals surface area contributed by atoms with Crippen LogP contribution < -0.4 is 5.32 Å². The summed E-state index contributed by atoms with van der Waals surface area (Å²) in [7, 11) is 0. The first-order valence-electron chi connectivity index (χ1n) is 9.86. The zero-order chi connectivity index (χ0) is 18.1. The Labute approximate surface area is 155 Å². The zero-order valence-electron chi connectivity index (χ0n) is 15.8. The number of fused-ring (bicyclic) bond motifs is 1. The fourth-order valence-electron chi connectivity index (χ4n) is 4.23. The maximum atomic E-state index is 12.6. The maximum Gasteiger partial charge on any atom is 0.317 e. The number of carbonyl (C=O) groups is 1. The number of H-pyrrole nitrogens is 1. The van der Waals surface area contributed by atoms with Crippen LogP contribution in [0.1, 0.15) is 50.0 Å². The second-order valence-corrected chi connectivity index (χ2v) is 7.78. The van der Waals surface area contributed by atoms with Gasteiger partial charge in [-0.05, 0) is 70.3 Å². The highest BCUT2D eigenvalue weighted by Crippen LogP contribution is 2.22. The molecule has 2 fully saturated rings. The van der Waals surface area contributed by atoms with Crippen LogP contribution in [0, 0.1) is 6.92 Å². The van der Waals surface area contributed by atoms with Crippen LogP contribution in [-0.4, -0.2) is 58.0 Å². The number of benzene rings is 1. The number of amides is 2. The van der Waals surface area contributed by atoms with Crippen molar-refractivity contribution in [2.24, 2.45) is 0 Å². The summed E-state index contributed by atoms with van der Waals surface area (Å²) in [5, 5.41) is 3.11. The van der Waals surface area contributed by atoms with Gasteiger partial charge in [-0.2, -0.15) is 0 Å². The number of urea groups is 1. The smallest absolute Gasteiger partial charge is 0.317 e. The van der Waals surface area contributed by atoms with Crippen molar-refractivity contribution in [1.82, 2.24) is 25.1 Å². The molecule has 26 heavy (non-hydrogen) atoms. The molecule has 6 heteroatoms. The van der Waals surface area contributed by atoms with Crippen LogP contribution in [0.3, 0.4) is 0 Å². The lowest BCUT2D eigenvalue weighted by Crippen LogP contribution is -2.49. The minimum Gasteiger partial charge on any atom is -0.340 e. The minimum atomic E-state index is -0.133. The van der Waals surface area contributed by atoms with Crippen molar-refractivity contribution in [2.75, 3.05) is 26.2 Å². The van der Waals surface area contributed by atoms with Crippen molar-refractivity contribution >= 4 is 17.1 Å². The quantitative estimate of drug-likeness (QED) is 0.889. The Morgan fingerprint density at radius 2 is 1.96 bits per heavy atom. The summed E-state index contributed by atoms with van der Waals surface area (Å²) in [4.78, 5) is 25.2. The lowest BCUT2D eigenvalue weighted by atomic mass is 10.0. The summed E-state index contributed by atoms with van der Waals surface area (Å²) in [6.45, 7) is 8.22. The van der Waals surface area contributed by atoms with Gasteiger partial charge in [0.15, 0.2) is 0 Å². The fourth-order valence-corrected chi connectivity index (χ4v) is 4.23. The SMILES string of the molecule is Cc1ccc2nc([C@H](C)NC(=O)N3CCC(N4CCCC4)CC3)[nH]c2c1. The molecule has 4 rings (SSSR count). The van der Waals surface area contributed by atoms with Gasteiger partial charge in [-0.3, -0.25) is 0 Å². The first-order chi connectivity index (χ1) is 12.6. The monoisotopic (exact) mass is 355 g/mol. The number of carbonyl (C=O) groups excluding carboxylic acids is 1. The molecule has 0 spiro atoms. The molecule has 0 bridgehead atoms. The Morgan fingerprint density at radius 1 is 1.23 bits per heavy atom. The summed E-state index contributed by atoms with van der Waals surface area (Å²) >= 11 is 0. The summed E-state index contributed by atoms with van der Waals surface area (Å²) in [6, 6.07) is 6.71. The number of aryl methyl sites for hydroxylation is 1. The Morgan fingerprint density at radius 3 is 2.69 bits per heavy atom. The number of likely N-dealkylation sites (tertiary alicyclic amines) is 2. The van der Waals surface area contributed by atoms with Crippen molar-refractivity contribution in [3.8, 4) is 0 Å². The molecule has 140 valence electrons. The lowest BCUT2D eigenvalue weighted by molar-refractivity contribution is 0.132. The van der Waals surface area contributed by atoms with Crippen molar-refractivity contribution in [1.29, 1.82) is 0 Å². The van der Waals surface area contributed by atoms with Crippen molar-refractivity contribution < 1.29 is 4.79 Å². The van der Waals surface area contributed by atoms with E-state index in [1.54, 1.807) is 0 Å². The number of aromatic nitrogens is 2. The van der Waals surface area contributed by atoms with Crippen LogP contribution in [0.15, 0.2) is 18.2 Å². The average Bonchev–Trinajstić information content (AvgIpc) is 3.31. The number of rotatable bonds is 3. The molecule has 2 amide bonds. The van der Waals surface area contributed by atoms with Crippen LogP contribution in [0.4, 0.5) is 4.79 Å². The molecular weight excluding hydrogens is 326 g/mol. The van der Waals surface area contributed by atoms with E-state index in [1.807, 2.05) is 17.9 Å². The van der Waals surface area contributed by atoms with Crippen molar-refractivity contribution in [2.45, 2.75) is 51.6 Å². The van der Waals surface area contributed by atoms with E-state index < -0.39 is 0 Å². The predicted molar refractivity (Wildman–Crippen MR) is 103 cm³/mol. The number of hydrogen-bond acceptors (Lipinski definition) is 3. The van der Waals surface area contributed by atoms with Crippen molar-refractivity contribution in [3.63, 3.8) is 0 Å². The Bertz CT molecular complexity index is 772. The van der Waals surface area contributed by atoms with E-state index in [4.69, 9.17) is 0 Å². The standard InChI is InChI=1S/C20H29N5O/c1-14-5-6-17-18(13-14)23-19(22-17)15(2)21-20(26)25-11-7-16(8-12-25)24-9-3-4-10-24/h5-6,13,15-16H,3-4,7-12H2,1-2H3,(H,21,26)(H,22,23)/t15-/m0/s1. The maximum absolute atomic E-state index is 12.6. The first-order valence-corrected chi connectivity index (χ1v) is 9.86. The summed E-state index contributed by atoms with van der Waals surface area (Å²) < 4.78 is 0.